The Hall–Kier alpha value is -2.87. The molecule has 0 bridgehead atoms. The number of hydrogen-bond donors (Lipinski definition) is 0. The van der Waals surface area contributed by atoms with Crippen molar-refractivity contribution in [3.8, 4) is 22.4 Å². The summed E-state index contributed by atoms with van der Waals surface area (Å²) in [6.45, 7) is 0.381. The van der Waals surface area contributed by atoms with Crippen molar-refractivity contribution in [2.24, 2.45) is 7.05 Å². The molecule has 0 spiro atoms. The minimum absolute atomic E-state index is 0.277. The largest absolute Gasteiger partial charge is 0.610 e. The van der Waals surface area contributed by atoms with Gasteiger partial charge in [-0.15, -0.1) is 4.21 Å². The van der Waals surface area contributed by atoms with Crippen LogP contribution in [-0.2, 0) is 32.8 Å². The Morgan fingerprint density at radius 2 is 1.76 bits per heavy atom. The van der Waals surface area contributed by atoms with Gasteiger partial charge in [-0.2, -0.15) is 0 Å². The predicted molar refractivity (Wildman–Crippen MR) is 113 cm³/mol. The molecule has 1 unspecified atom stereocenters. The van der Waals surface area contributed by atoms with Crippen LogP contribution in [0.4, 0.5) is 0 Å². The first-order valence-corrected chi connectivity index (χ1v) is 11.0. The monoisotopic (exact) mass is 407 g/mol. The second-order valence-electron chi connectivity index (χ2n) is 6.91. The highest BCUT2D eigenvalue weighted by Crippen LogP contribution is 2.34. The van der Waals surface area contributed by atoms with E-state index in [0.717, 1.165) is 33.7 Å². The van der Waals surface area contributed by atoms with Gasteiger partial charge in [0.1, 0.15) is 18.7 Å². The molecule has 0 N–H and O–H groups in total. The number of methoxy groups -OCH3 is 1. The molecule has 148 valence electrons. The van der Waals surface area contributed by atoms with E-state index in [1.807, 2.05) is 54.1 Å². The van der Waals surface area contributed by atoms with E-state index >= 15 is 0 Å². The highest BCUT2D eigenvalue weighted by molar-refractivity contribution is 7.97. The Morgan fingerprint density at radius 1 is 1.03 bits per heavy atom. The number of pyridine rings is 1. The van der Waals surface area contributed by atoms with E-state index < -0.39 is 10.2 Å². The first-order chi connectivity index (χ1) is 13.9. The molecule has 0 aliphatic rings. The lowest BCUT2D eigenvalue weighted by Gasteiger charge is -2.13. The lowest BCUT2D eigenvalue weighted by molar-refractivity contribution is 0.176. The van der Waals surface area contributed by atoms with Crippen LogP contribution in [0.5, 0.6) is 0 Å². The van der Waals surface area contributed by atoms with E-state index in [2.05, 4.69) is 4.98 Å². The fourth-order valence-electron chi connectivity index (χ4n) is 3.35. The molecule has 7 heteroatoms. The maximum absolute atomic E-state index is 12.1. The molecule has 0 fully saturated rings. The zero-order valence-electron chi connectivity index (χ0n) is 16.5. The predicted octanol–water partition coefficient (Wildman–Crippen LogP) is 4.07. The van der Waals surface area contributed by atoms with Gasteiger partial charge < -0.3 is 13.9 Å². The van der Waals surface area contributed by atoms with Crippen molar-refractivity contribution < 1.29 is 13.5 Å². The summed E-state index contributed by atoms with van der Waals surface area (Å²) >= 11 is 0. The molecule has 2 aromatic heterocycles. The Morgan fingerprint density at radius 3 is 2.45 bits per heavy atom. The van der Waals surface area contributed by atoms with E-state index in [1.54, 1.807) is 25.3 Å². The Bertz CT molecular complexity index is 1230. The maximum atomic E-state index is 12.1. The summed E-state index contributed by atoms with van der Waals surface area (Å²) in [5.41, 5.74) is 4.81. The average Bonchev–Trinajstić information content (AvgIpc) is 3.02. The van der Waals surface area contributed by atoms with Gasteiger partial charge in [0.15, 0.2) is 10.5 Å². The van der Waals surface area contributed by atoms with Crippen LogP contribution in [0.1, 0.15) is 5.82 Å². The third kappa shape index (κ3) is 3.72. The van der Waals surface area contributed by atoms with E-state index in [1.165, 1.54) is 6.26 Å². The van der Waals surface area contributed by atoms with Crippen LogP contribution in [0.15, 0.2) is 65.6 Å². The number of sulfone groups is 1. The van der Waals surface area contributed by atoms with Crippen LogP contribution < -0.4 is 0 Å². The SMILES string of the molecule is COCc1nc2nc(-c3ccccc3)c(-c3cccc([S+](C)(=O)[O-])c3)cc2n1C. The number of hydrogen-bond acceptors (Lipinski definition) is 5. The number of imidazole rings is 1. The normalized spacial score (nSPS) is 13.5. The fourth-order valence-corrected chi connectivity index (χ4v) is 4.01. The van der Waals surface area contributed by atoms with Crippen molar-refractivity contribution in [2.75, 3.05) is 13.4 Å². The third-order valence-electron chi connectivity index (χ3n) is 4.86. The second-order valence-corrected chi connectivity index (χ2v) is 8.93. The molecule has 0 saturated heterocycles. The third-order valence-corrected chi connectivity index (χ3v) is 5.97. The zero-order valence-corrected chi connectivity index (χ0v) is 17.3. The minimum atomic E-state index is -3.32. The molecule has 0 aliphatic carbocycles. The number of rotatable bonds is 5. The molecule has 29 heavy (non-hydrogen) atoms. The zero-order chi connectivity index (χ0) is 20.6. The number of benzene rings is 2. The van der Waals surface area contributed by atoms with Crippen LogP contribution in [-0.4, -0.2) is 32.5 Å². The van der Waals surface area contributed by atoms with E-state index in [9.17, 15) is 8.76 Å². The molecule has 4 rings (SSSR count). The smallest absolute Gasteiger partial charge is 0.178 e. The van der Waals surface area contributed by atoms with Crippen molar-refractivity contribution in [3.63, 3.8) is 0 Å². The van der Waals surface area contributed by atoms with Gasteiger partial charge >= 0.3 is 0 Å². The quantitative estimate of drug-likeness (QED) is 0.466. The summed E-state index contributed by atoms with van der Waals surface area (Å²) in [4.78, 5) is 9.73. The molecular formula is C22H21N3O3S. The molecule has 4 aromatic rings. The molecule has 2 aromatic carbocycles. The summed E-state index contributed by atoms with van der Waals surface area (Å²) in [5, 5.41) is 0. The molecule has 0 amide bonds. The van der Waals surface area contributed by atoms with Gasteiger partial charge in [0.05, 0.1) is 21.4 Å². The van der Waals surface area contributed by atoms with Gasteiger partial charge in [-0.25, -0.2) is 9.97 Å². The number of aryl methyl sites for hydroxylation is 1. The molecule has 2 heterocycles. The average molecular weight is 407 g/mol. The first-order valence-electron chi connectivity index (χ1n) is 9.09. The van der Waals surface area contributed by atoms with E-state index in [-0.39, 0.29) is 4.90 Å². The van der Waals surface area contributed by atoms with Gasteiger partial charge in [0, 0.05) is 31.4 Å². The van der Waals surface area contributed by atoms with Gasteiger partial charge in [-0.1, -0.05) is 42.5 Å². The topological polar surface area (TPSA) is 80.1 Å². The molecule has 0 radical (unpaired) electrons. The van der Waals surface area contributed by atoms with Crippen LogP contribution in [0.2, 0.25) is 0 Å². The van der Waals surface area contributed by atoms with Crippen LogP contribution in [0.3, 0.4) is 0 Å². The summed E-state index contributed by atoms with van der Waals surface area (Å²) in [5.74, 6) is 0.774. The lowest BCUT2D eigenvalue weighted by Crippen LogP contribution is -2.06. The van der Waals surface area contributed by atoms with Crippen LogP contribution in [0, 0.1) is 0 Å². The number of aromatic nitrogens is 3. The number of nitrogens with zero attached hydrogens (tertiary/aromatic N) is 3. The van der Waals surface area contributed by atoms with Crippen LogP contribution in [0.25, 0.3) is 33.5 Å². The van der Waals surface area contributed by atoms with Gasteiger partial charge in [0.25, 0.3) is 0 Å². The van der Waals surface area contributed by atoms with Gasteiger partial charge in [-0.05, 0) is 17.7 Å². The van der Waals surface area contributed by atoms with E-state index in [0.29, 0.717) is 12.3 Å². The molecule has 0 aliphatic heterocycles. The van der Waals surface area contributed by atoms with Crippen molar-refractivity contribution in [1.82, 2.24) is 14.5 Å². The second kappa shape index (κ2) is 7.51. The Kier molecular flexibility index (Phi) is 5.04. The molecule has 0 saturated carbocycles. The summed E-state index contributed by atoms with van der Waals surface area (Å²) < 4.78 is 31.3. The van der Waals surface area contributed by atoms with E-state index in [4.69, 9.17) is 9.72 Å². The number of fused-ring (bicyclic) bond motifs is 1. The van der Waals surface area contributed by atoms with Crippen LogP contribution >= 0.6 is 0 Å². The van der Waals surface area contributed by atoms with Gasteiger partial charge in [-0.3, -0.25) is 0 Å². The molecule has 1 atom stereocenters. The summed E-state index contributed by atoms with van der Waals surface area (Å²) in [7, 11) is 0.231. The van der Waals surface area contributed by atoms with Gasteiger partial charge in [0.2, 0.25) is 0 Å². The summed E-state index contributed by atoms with van der Waals surface area (Å²) in [6.07, 6.45) is 1.21. The highest BCUT2D eigenvalue weighted by Gasteiger charge is 2.19. The summed E-state index contributed by atoms with van der Waals surface area (Å²) in [6, 6.07) is 18.8. The maximum Gasteiger partial charge on any atom is 0.178 e. The van der Waals surface area contributed by atoms with Crippen molar-refractivity contribution in [3.05, 3.63) is 66.5 Å². The first kappa shape index (κ1) is 19.4. The van der Waals surface area contributed by atoms with Crippen molar-refractivity contribution in [1.29, 1.82) is 0 Å². The fraction of sp³-hybridized carbons (Fsp3) is 0.182. The highest BCUT2D eigenvalue weighted by atomic mass is 32.3. The Labute approximate surface area is 170 Å². The molecule has 6 nitrogen and oxygen atoms in total. The Balaban J connectivity index is 2.01. The molecular weight excluding hydrogens is 386 g/mol. The van der Waals surface area contributed by atoms with Crippen molar-refractivity contribution in [2.45, 2.75) is 11.5 Å². The standard InChI is InChI=1S/C22H21N3O3S/c1-25-19-13-18(16-10-7-11-17(12-16)29(3,26)27)21(15-8-5-4-6-9-15)24-22(19)23-20(25)14-28-2/h4-13H,14H2,1-3H3. The number of ether oxygens (including phenoxy) is 1. The lowest BCUT2D eigenvalue weighted by atomic mass is 9.99. The minimum Gasteiger partial charge on any atom is -0.610 e. The van der Waals surface area contributed by atoms with Crippen molar-refractivity contribution >= 4 is 21.4 Å².